The lowest BCUT2D eigenvalue weighted by molar-refractivity contribution is -0.137. The average Bonchev–Trinajstić information content (AvgIpc) is 2.45. The predicted octanol–water partition coefficient (Wildman–Crippen LogP) is 6.50. The largest absolute Gasteiger partial charge is 0.416 e. The van der Waals surface area contributed by atoms with Crippen molar-refractivity contribution in [1.29, 1.82) is 0 Å². The Labute approximate surface area is 145 Å². The van der Waals surface area contributed by atoms with Crippen LogP contribution in [0, 0.1) is 0 Å². The molecule has 0 heterocycles. The average molecular weight is 385 g/mol. The zero-order chi connectivity index (χ0) is 18.7. The second-order valence-electron chi connectivity index (χ2n) is 5.47. The molecule has 0 aliphatic carbocycles. The van der Waals surface area contributed by atoms with E-state index in [1.807, 2.05) is 20.1 Å². The lowest BCUT2D eigenvalue weighted by Gasteiger charge is -2.17. The molecule has 1 nitrogen and oxygen atoms in total. The van der Waals surface area contributed by atoms with Gasteiger partial charge in [0, 0.05) is 24.4 Å². The van der Waals surface area contributed by atoms with Gasteiger partial charge in [0.25, 0.3) is 5.92 Å². The maximum absolute atomic E-state index is 13.5. The molecular formula is C16H20F5NS2. The van der Waals surface area contributed by atoms with E-state index in [-0.39, 0.29) is 21.4 Å². The van der Waals surface area contributed by atoms with Crippen molar-refractivity contribution in [3.8, 4) is 0 Å². The van der Waals surface area contributed by atoms with Crippen LogP contribution in [0.3, 0.4) is 0 Å². The van der Waals surface area contributed by atoms with E-state index in [4.69, 9.17) is 0 Å². The van der Waals surface area contributed by atoms with Crippen LogP contribution in [0.1, 0.15) is 31.9 Å². The fourth-order valence-corrected chi connectivity index (χ4v) is 4.03. The Morgan fingerprint density at radius 1 is 1.17 bits per heavy atom. The Bertz CT molecular complexity index is 598. The van der Waals surface area contributed by atoms with Gasteiger partial charge in [0.05, 0.1) is 9.80 Å². The number of rotatable bonds is 6. The van der Waals surface area contributed by atoms with Gasteiger partial charge in [0.15, 0.2) is 0 Å². The first-order chi connectivity index (χ1) is 10.9. The summed E-state index contributed by atoms with van der Waals surface area (Å²) < 4.78 is 66.6. The third-order valence-corrected chi connectivity index (χ3v) is 6.59. The van der Waals surface area contributed by atoms with E-state index in [0.29, 0.717) is 13.0 Å². The Kier molecular flexibility index (Phi) is 6.93. The normalized spacial score (nSPS) is 14.8. The third kappa shape index (κ3) is 5.81. The summed E-state index contributed by atoms with van der Waals surface area (Å²) in [5.41, 5.74) is -1.83. The minimum absolute atomic E-state index is 0.0337. The number of nitrogens with one attached hydrogen (secondary N) is 1. The maximum Gasteiger partial charge on any atom is 0.416 e. The van der Waals surface area contributed by atoms with Crippen LogP contribution < -0.4 is 5.32 Å². The first kappa shape index (κ1) is 21.0. The van der Waals surface area contributed by atoms with E-state index in [1.165, 1.54) is 18.0 Å². The summed E-state index contributed by atoms with van der Waals surface area (Å²) in [7, 11) is -0.337. The smallest absolute Gasteiger partial charge is 0.360 e. The van der Waals surface area contributed by atoms with Gasteiger partial charge in [-0.05, 0) is 29.7 Å². The minimum Gasteiger partial charge on any atom is -0.360 e. The van der Waals surface area contributed by atoms with Crippen molar-refractivity contribution in [2.24, 2.45) is 0 Å². The number of alkyl halides is 5. The summed E-state index contributed by atoms with van der Waals surface area (Å²) >= 11 is 1.42. The summed E-state index contributed by atoms with van der Waals surface area (Å²) in [4.78, 5) is 0. The van der Waals surface area contributed by atoms with Crippen molar-refractivity contribution < 1.29 is 22.0 Å². The SMILES string of the molecule is C=S(/C(=C/Nc1cc(C(C)(F)F)cc(C(F)(F)F)c1)SC)C(C)C. The van der Waals surface area contributed by atoms with Gasteiger partial charge in [0.1, 0.15) is 0 Å². The van der Waals surface area contributed by atoms with E-state index < -0.39 is 23.2 Å². The van der Waals surface area contributed by atoms with Gasteiger partial charge in [-0.25, -0.2) is 8.78 Å². The Balaban J connectivity index is 3.26. The van der Waals surface area contributed by atoms with Crippen molar-refractivity contribution in [3.05, 3.63) is 39.8 Å². The number of anilines is 1. The quantitative estimate of drug-likeness (QED) is 0.443. The van der Waals surface area contributed by atoms with E-state index in [1.54, 1.807) is 0 Å². The zero-order valence-corrected chi connectivity index (χ0v) is 15.4. The van der Waals surface area contributed by atoms with Crippen LogP contribution >= 0.6 is 22.2 Å². The molecule has 1 atom stereocenters. The summed E-state index contributed by atoms with van der Waals surface area (Å²) in [6.45, 7) is 4.54. The molecule has 1 aromatic rings. The first-order valence-corrected chi connectivity index (χ1v) is 9.68. The van der Waals surface area contributed by atoms with Gasteiger partial charge < -0.3 is 5.32 Å². The van der Waals surface area contributed by atoms with Crippen molar-refractivity contribution in [3.63, 3.8) is 0 Å². The van der Waals surface area contributed by atoms with Crippen molar-refractivity contribution in [1.82, 2.24) is 0 Å². The molecule has 136 valence electrons. The minimum atomic E-state index is -4.70. The van der Waals surface area contributed by atoms with E-state index in [0.717, 1.165) is 16.4 Å². The molecule has 1 rings (SSSR count). The van der Waals surface area contributed by atoms with Gasteiger partial charge in [-0.2, -0.15) is 23.7 Å². The predicted molar refractivity (Wildman–Crippen MR) is 96.1 cm³/mol. The number of halogens is 5. The second kappa shape index (κ2) is 7.91. The summed E-state index contributed by atoms with van der Waals surface area (Å²) in [6, 6.07) is 2.32. The molecule has 0 amide bonds. The van der Waals surface area contributed by atoms with Crippen LogP contribution in [-0.2, 0) is 12.1 Å². The zero-order valence-electron chi connectivity index (χ0n) is 13.8. The topological polar surface area (TPSA) is 12.0 Å². The highest BCUT2D eigenvalue weighted by molar-refractivity contribution is 8.30. The number of thioether (sulfide) groups is 1. The molecule has 0 aliphatic heterocycles. The molecule has 1 aromatic carbocycles. The number of hydrogen-bond acceptors (Lipinski definition) is 2. The van der Waals surface area contributed by atoms with Gasteiger partial charge in [0.2, 0.25) is 0 Å². The second-order valence-corrected chi connectivity index (χ2v) is 8.82. The van der Waals surface area contributed by atoms with E-state index in [2.05, 4.69) is 11.2 Å². The Morgan fingerprint density at radius 3 is 2.12 bits per heavy atom. The van der Waals surface area contributed by atoms with Crippen molar-refractivity contribution >= 4 is 33.8 Å². The van der Waals surface area contributed by atoms with Gasteiger partial charge in [-0.1, -0.05) is 19.7 Å². The molecule has 1 unspecified atom stereocenters. The highest BCUT2D eigenvalue weighted by atomic mass is 32.2. The van der Waals surface area contributed by atoms with Gasteiger partial charge >= 0.3 is 6.18 Å². The molecule has 8 heteroatoms. The van der Waals surface area contributed by atoms with Crippen molar-refractivity contribution in [2.75, 3.05) is 11.6 Å². The van der Waals surface area contributed by atoms with Crippen LogP contribution in [-0.4, -0.2) is 17.4 Å². The van der Waals surface area contributed by atoms with Crippen LogP contribution in [0.25, 0.3) is 0 Å². The maximum atomic E-state index is 13.5. The highest BCUT2D eigenvalue weighted by Crippen LogP contribution is 2.38. The molecule has 0 fully saturated rings. The molecule has 0 radical (unpaired) electrons. The summed E-state index contributed by atoms with van der Waals surface area (Å²) in [6.07, 6.45) is -1.33. The molecule has 0 aliphatic rings. The van der Waals surface area contributed by atoms with Crippen molar-refractivity contribution in [2.45, 2.75) is 38.1 Å². The van der Waals surface area contributed by atoms with Crippen LogP contribution in [0.4, 0.5) is 27.6 Å². The molecule has 0 saturated heterocycles. The molecule has 0 saturated carbocycles. The highest BCUT2D eigenvalue weighted by Gasteiger charge is 2.34. The third-order valence-electron chi connectivity index (χ3n) is 3.15. The van der Waals surface area contributed by atoms with Crippen LogP contribution in [0.5, 0.6) is 0 Å². The molecule has 0 spiro atoms. The Hall–Kier alpha value is -1.02. The monoisotopic (exact) mass is 385 g/mol. The summed E-state index contributed by atoms with van der Waals surface area (Å²) in [5, 5.41) is 2.97. The molecule has 0 bridgehead atoms. The van der Waals surface area contributed by atoms with E-state index >= 15 is 0 Å². The lowest BCUT2D eigenvalue weighted by atomic mass is 10.0. The number of hydrogen-bond donors (Lipinski definition) is 1. The molecular weight excluding hydrogens is 365 g/mol. The fourth-order valence-electron chi connectivity index (χ4n) is 1.74. The van der Waals surface area contributed by atoms with Crippen LogP contribution in [0.2, 0.25) is 0 Å². The van der Waals surface area contributed by atoms with Gasteiger partial charge in [-0.3, -0.25) is 0 Å². The molecule has 24 heavy (non-hydrogen) atoms. The number of benzene rings is 1. The van der Waals surface area contributed by atoms with Crippen LogP contribution in [0.15, 0.2) is 28.6 Å². The Morgan fingerprint density at radius 2 is 1.71 bits per heavy atom. The van der Waals surface area contributed by atoms with E-state index in [9.17, 15) is 22.0 Å². The molecule has 0 aromatic heterocycles. The first-order valence-electron chi connectivity index (χ1n) is 7.00. The standard InChI is InChI=1S/C16H20F5NS2/c1-10(2)24(5)14(23-4)9-22-13-7-11(15(3,17)18)6-12(8-13)16(19,20)21/h6-10,22H,5H2,1-4H3/b14-9+. The fraction of sp³-hybridized carbons (Fsp3) is 0.438. The van der Waals surface area contributed by atoms with Gasteiger partial charge in [-0.15, -0.1) is 11.8 Å². The lowest BCUT2D eigenvalue weighted by Crippen LogP contribution is -2.12. The molecule has 1 N–H and O–H groups in total. The summed E-state index contributed by atoms with van der Waals surface area (Å²) in [5.74, 6) is 0.670.